The summed E-state index contributed by atoms with van der Waals surface area (Å²) in [5.74, 6) is 2.97. The van der Waals surface area contributed by atoms with Crippen molar-refractivity contribution in [3.63, 3.8) is 0 Å². The second-order valence-corrected chi connectivity index (χ2v) is 6.26. The summed E-state index contributed by atoms with van der Waals surface area (Å²) in [5, 5.41) is 0. The van der Waals surface area contributed by atoms with Crippen LogP contribution in [0.15, 0.2) is 30.4 Å². The van der Waals surface area contributed by atoms with Gasteiger partial charge >= 0.3 is 0 Å². The highest BCUT2D eigenvalue weighted by molar-refractivity contribution is 5.80. The second kappa shape index (κ2) is 6.03. The van der Waals surface area contributed by atoms with Crippen LogP contribution in [0.4, 0.5) is 0 Å². The third kappa shape index (κ3) is 2.70. The van der Waals surface area contributed by atoms with Crippen molar-refractivity contribution in [1.29, 1.82) is 0 Å². The van der Waals surface area contributed by atoms with Gasteiger partial charge in [-0.1, -0.05) is 12.2 Å². The zero-order chi connectivity index (χ0) is 15.7. The Morgan fingerprint density at radius 2 is 2.05 bits per heavy atom. The van der Waals surface area contributed by atoms with E-state index in [9.17, 15) is 4.79 Å². The Hall–Kier alpha value is -1.97. The minimum Gasteiger partial charge on any atom is -0.497 e. The summed E-state index contributed by atoms with van der Waals surface area (Å²) in [6.07, 6.45) is 6.64. The van der Waals surface area contributed by atoms with Crippen LogP contribution in [0, 0.1) is 17.8 Å². The van der Waals surface area contributed by atoms with Crippen molar-refractivity contribution in [2.45, 2.75) is 19.4 Å². The number of ether oxygens (including phenoxy) is 2. The number of benzene rings is 1. The molecule has 0 unspecified atom stereocenters. The van der Waals surface area contributed by atoms with Gasteiger partial charge in [0.05, 0.1) is 14.2 Å². The molecule has 0 spiro atoms. The molecule has 118 valence electrons. The van der Waals surface area contributed by atoms with Gasteiger partial charge in [-0.15, -0.1) is 0 Å². The lowest BCUT2D eigenvalue weighted by atomic mass is 9.92. The zero-order valence-corrected chi connectivity index (χ0v) is 13.4. The van der Waals surface area contributed by atoms with Crippen molar-refractivity contribution in [3.05, 3.63) is 35.9 Å². The number of rotatable bonds is 5. The van der Waals surface area contributed by atoms with E-state index in [0.29, 0.717) is 18.4 Å². The second-order valence-electron chi connectivity index (χ2n) is 6.26. The molecule has 1 amide bonds. The summed E-state index contributed by atoms with van der Waals surface area (Å²) in [6, 6.07) is 5.71. The van der Waals surface area contributed by atoms with Crippen molar-refractivity contribution in [2.24, 2.45) is 17.8 Å². The minimum atomic E-state index is 0.157. The number of amides is 1. The highest BCUT2D eigenvalue weighted by Crippen LogP contribution is 2.44. The zero-order valence-electron chi connectivity index (χ0n) is 13.4. The van der Waals surface area contributed by atoms with Gasteiger partial charge in [-0.05, 0) is 36.8 Å². The molecule has 0 saturated heterocycles. The van der Waals surface area contributed by atoms with E-state index in [-0.39, 0.29) is 11.8 Å². The Balaban J connectivity index is 1.70. The molecule has 0 aliphatic heterocycles. The number of carbonyl (C=O) groups excluding carboxylic acids is 1. The van der Waals surface area contributed by atoms with Gasteiger partial charge in [0.15, 0.2) is 0 Å². The number of carbonyl (C=O) groups is 1. The first kappa shape index (κ1) is 14.9. The van der Waals surface area contributed by atoms with Crippen molar-refractivity contribution < 1.29 is 14.3 Å². The molecule has 3 rings (SSSR count). The maximum atomic E-state index is 12.7. The number of hydrogen-bond donors (Lipinski definition) is 0. The van der Waals surface area contributed by atoms with Crippen LogP contribution in [0.25, 0.3) is 0 Å². The van der Waals surface area contributed by atoms with Crippen LogP contribution in [-0.4, -0.2) is 32.1 Å². The van der Waals surface area contributed by atoms with Crippen LogP contribution in [0.5, 0.6) is 11.5 Å². The van der Waals surface area contributed by atoms with E-state index in [2.05, 4.69) is 12.2 Å². The molecule has 22 heavy (non-hydrogen) atoms. The minimum absolute atomic E-state index is 0.157. The van der Waals surface area contributed by atoms with Crippen LogP contribution in [-0.2, 0) is 11.3 Å². The third-order valence-corrected chi connectivity index (χ3v) is 4.87. The average Bonchev–Trinajstić information content (AvgIpc) is 3.17. The molecular formula is C18H23NO3. The number of methoxy groups -OCH3 is 2. The number of hydrogen-bond acceptors (Lipinski definition) is 3. The van der Waals surface area contributed by atoms with Crippen LogP contribution < -0.4 is 9.47 Å². The van der Waals surface area contributed by atoms with E-state index in [1.807, 2.05) is 30.1 Å². The Kier molecular flexibility index (Phi) is 4.10. The highest BCUT2D eigenvalue weighted by Gasteiger charge is 2.40. The molecule has 0 heterocycles. The predicted octanol–water partition coefficient (Wildman–Crippen LogP) is 2.87. The fourth-order valence-corrected chi connectivity index (χ4v) is 3.66. The molecule has 0 aromatic heterocycles. The molecule has 3 atom stereocenters. The maximum Gasteiger partial charge on any atom is 0.226 e. The summed E-state index contributed by atoms with van der Waals surface area (Å²) in [4.78, 5) is 14.5. The molecule has 4 nitrogen and oxygen atoms in total. The fraction of sp³-hybridized carbons (Fsp3) is 0.500. The van der Waals surface area contributed by atoms with Gasteiger partial charge in [-0.2, -0.15) is 0 Å². The topological polar surface area (TPSA) is 38.8 Å². The predicted molar refractivity (Wildman–Crippen MR) is 84.9 cm³/mol. The van der Waals surface area contributed by atoms with E-state index in [1.165, 1.54) is 0 Å². The molecule has 0 N–H and O–H groups in total. The van der Waals surface area contributed by atoms with Crippen LogP contribution in [0.2, 0.25) is 0 Å². The van der Waals surface area contributed by atoms with E-state index in [0.717, 1.165) is 29.9 Å². The molecule has 1 aromatic rings. The molecule has 4 heteroatoms. The summed E-state index contributed by atoms with van der Waals surface area (Å²) in [7, 11) is 5.15. The van der Waals surface area contributed by atoms with Gasteiger partial charge in [0.25, 0.3) is 0 Å². The molecule has 0 radical (unpaired) electrons. The van der Waals surface area contributed by atoms with E-state index < -0.39 is 0 Å². The van der Waals surface area contributed by atoms with Gasteiger partial charge in [0.2, 0.25) is 5.91 Å². The lowest BCUT2D eigenvalue weighted by molar-refractivity contribution is -0.135. The molecule has 1 aromatic carbocycles. The summed E-state index contributed by atoms with van der Waals surface area (Å²) in [5.41, 5.74) is 0.998. The van der Waals surface area contributed by atoms with E-state index in [4.69, 9.17) is 9.47 Å². The number of allylic oxidation sites excluding steroid dienone is 2. The van der Waals surface area contributed by atoms with Gasteiger partial charge in [-0.25, -0.2) is 0 Å². The molecule has 1 saturated carbocycles. The average molecular weight is 301 g/mol. The van der Waals surface area contributed by atoms with Crippen molar-refractivity contribution >= 4 is 5.91 Å². The maximum absolute atomic E-state index is 12.7. The normalized spacial score (nSPS) is 25.3. The SMILES string of the molecule is COc1ccc(CN(C)C(=O)[C@@H]2C[C@@H]3C=C[C@H]2C3)c(OC)c1. The van der Waals surface area contributed by atoms with Gasteiger partial charge < -0.3 is 14.4 Å². The first-order valence-electron chi connectivity index (χ1n) is 7.76. The van der Waals surface area contributed by atoms with Crippen LogP contribution in [0.3, 0.4) is 0 Å². The quantitative estimate of drug-likeness (QED) is 0.785. The molecular weight excluding hydrogens is 278 g/mol. The molecule has 2 bridgehead atoms. The largest absolute Gasteiger partial charge is 0.497 e. The lowest BCUT2D eigenvalue weighted by Gasteiger charge is -2.25. The Morgan fingerprint density at radius 1 is 1.23 bits per heavy atom. The fourth-order valence-electron chi connectivity index (χ4n) is 3.66. The van der Waals surface area contributed by atoms with Crippen molar-refractivity contribution in [1.82, 2.24) is 4.90 Å². The van der Waals surface area contributed by atoms with E-state index >= 15 is 0 Å². The summed E-state index contributed by atoms with van der Waals surface area (Å²) < 4.78 is 10.6. The first-order chi connectivity index (χ1) is 10.6. The highest BCUT2D eigenvalue weighted by atomic mass is 16.5. The first-order valence-corrected chi connectivity index (χ1v) is 7.76. The third-order valence-electron chi connectivity index (χ3n) is 4.87. The Morgan fingerprint density at radius 3 is 2.64 bits per heavy atom. The van der Waals surface area contributed by atoms with Crippen molar-refractivity contribution in [2.75, 3.05) is 21.3 Å². The van der Waals surface area contributed by atoms with Gasteiger partial charge in [-0.3, -0.25) is 4.79 Å². The summed E-state index contributed by atoms with van der Waals surface area (Å²) in [6.45, 7) is 0.559. The van der Waals surface area contributed by atoms with Crippen molar-refractivity contribution in [3.8, 4) is 11.5 Å². The lowest BCUT2D eigenvalue weighted by Crippen LogP contribution is -2.34. The Bertz CT molecular complexity index is 596. The van der Waals surface area contributed by atoms with Crippen LogP contribution >= 0.6 is 0 Å². The Labute approximate surface area is 131 Å². The summed E-state index contributed by atoms with van der Waals surface area (Å²) >= 11 is 0. The monoisotopic (exact) mass is 301 g/mol. The standard InChI is InChI=1S/C18H23NO3/c1-19(18(20)16-9-12-4-5-13(16)8-12)11-14-6-7-15(21-2)10-17(14)22-3/h4-7,10,12-13,16H,8-9,11H2,1-3H3/t12-,13+,16-/m1/s1. The smallest absolute Gasteiger partial charge is 0.226 e. The molecule has 2 aliphatic rings. The number of nitrogens with zero attached hydrogens (tertiary/aromatic N) is 1. The van der Waals surface area contributed by atoms with Gasteiger partial charge in [0, 0.05) is 31.1 Å². The molecule has 2 aliphatic carbocycles. The molecule has 1 fully saturated rings. The number of fused-ring (bicyclic) bond motifs is 2. The van der Waals surface area contributed by atoms with Gasteiger partial charge in [0.1, 0.15) is 11.5 Å². The van der Waals surface area contributed by atoms with Crippen LogP contribution in [0.1, 0.15) is 18.4 Å². The van der Waals surface area contributed by atoms with E-state index in [1.54, 1.807) is 14.2 Å².